The molecule has 132 valence electrons. The summed E-state index contributed by atoms with van der Waals surface area (Å²) in [7, 11) is 1.60. The second kappa shape index (κ2) is 8.39. The van der Waals surface area contributed by atoms with Crippen molar-refractivity contribution >= 4 is 17.5 Å². The van der Waals surface area contributed by atoms with Crippen molar-refractivity contribution in [3.63, 3.8) is 0 Å². The Morgan fingerprint density at radius 3 is 2.32 bits per heavy atom. The molecule has 0 heterocycles. The van der Waals surface area contributed by atoms with Crippen LogP contribution >= 0.6 is 0 Å². The first-order valence-electron chi connectivity index (χ1n) is 7.90. The maximum Gasteiger partial charge on any atom is 0.313 e. The van der Waals surface area contributed by atoms with Gasteiger partial charge in [0.05, 0.1) is 12.1 Å². The molecule has 0 aliphatic carbocycles. The number of hydrogen-bond donors (Lipinski definition) is 2. The summed E-state index contributed by atoms with van der Waals surface area (Å²) >= 11 is 0. The lowest BCUT2D eigenvalue weighted by Gasteiger charge is -2.15. The number of nitrogens with one attached hydrogen (secondary N) is 2. The van der Waals surface area contributed by atoms with Gasteiger partial charge in [-0.2, -0.15) is 0 Å². The first-order valence-corrected chi connectivity index (χ1v) is 7.90. The van der Waals surface area contributed by atoms with E-state index in [9.17, 15) is 14.0 Å². The molecular formula is C19H21FN2O3. The third kappa shape index (κ3) is 5.12. The maximum absolute atomic E-state index is 12.9. The van der Waals surface area contributed by atoms with Crippen LogP contribution in [0, 0.1) is 5.82 Å². The zero-order valence-corrected chi connectivity index (χ0v) is 14.4. The van der Waals surface area contributed by atoms with Crippen LogP contribution in [0.2, 0.25) is 0 Å². The van der Waals surface area contributed by atoms with E-state index in [0.717, 1.165) is 5.56 Å². The molecule has 2 atom stereocenters. The molecule has 0 saturated heterocycles. The maximum atomic E-state index is 12.9. The fourth-order valence-electron chi connectivity index (χ4n) is 2.29. The normalized spacial score (nSPS) is 13.0. The van der Waals surface area contributed by atoms with Gasteiger partial charge in [-0.1, -0.05) is 24.3 Å². The number of rotatable bonds is 5. The van der Waals surface area contributed by atoms with E-state index in [0.29, 0.717) is 11.3 Å². The van der Waals surface area contributed by atoms with Crippen molar-refractivity contribution in [2.24, 2.45) is 0 Å². The van der Waals surface area contributed by atoms with E-state index in [1.54, 1.807) is 44.4 Å². The number of ether oxygens (including phenoxy) is 1. The SMILES string of the molecule is COC(C)c1cccc(NC(=O)C(=O)NC(C)c2ccc(F)cc2)c1. The van der Waals surface area contributed by atoms with Gasteiger partial charge in [-0.25, -0.2) is 4.39 Å². The lowest BCUT2D eigenvalue weighted by atomic mass is 10.1. The average molecular weight is 344 g/mol. The van der Waals surface area contributed by atoms with E-state index >= 15 is 0 Å². The zero-order chi connectivity index (χ0) is 18.4. The van der Waals surface area contributed by atoms with Crippen molar-refractivity contribution in [2.75, 3.05) is 12.4 Å². The van der Waals surface area contributed by atoms with Crippen molar-refractivity contribution in [2.45, 2.75) is 26.0 Å². The molecule has 2 aromatic rings. The predicted molar refractivity (Wildman–Crippen MR) is 93.5 cm³/mol. The van der Waals surface area contributed by atoms with Crippen molar-refractivity contribution in [3.05, 3.63) is 65.5 Å². The van der Waals surface area contributed by atoms with Crippen molar-refractivity contribution in [3.8, 4) is 0 Å². The minimum absolute atomic E-state index is 0.121. The number of carbonyl (C=O) groups is 2. The summed E-state index contributed by atoms with van der Waals surface area (Å²) in [6.45, 7) is 3.61. The van der Waals surface area contributed by atoms with Gasteiger partial charge >= 0.3 is 11.8 Å². The van der Waals surface area contributed by atoms with Gasteiger partial charge in [0.1, 0.15) is 5.82 Å². The van der Waals surface area contributed by atoms with Gasteiger partial charge in [0, 0.05) is 12.8 Å². The monoisotopic (exact) mass is 344 g/mol. The van der Waals surface area contributed by atoms with E-state index < -0.39 is 17.9 Å². The average Bonchev–Trinajstić information content (AvgIpc) is 2.61. The van der Waals surface area contributed by atoms with E-state index in [-0.39, 0.29) is 11.9 Å². The van der Waals surface area contributed by atoms with Crippen LogP contribution in [0.1, 0.15) is 37.1 Å². The number of methoxy groups -OCH3 is 1. The van der Waals surface area contributed by atoms with Gasteiger partial charge in [0.25, 0.3) is 0 Å². The Morgan fingerprint density at radius 1 is 1.00 bits per heavy atom. The van der Waals surface area contributed by atoms with Gasteiger partial charge < -0.3 is 15.4 Å². The summed E-state index contributed by atoms with van der Waals surface area (Å²) in [5, 5.41) is 5.15. The van der Waals surface area contributed by atoms with Crippen molar-refractivity contribution in [1.29, 1.82) is 0 Å². The third-order valence-corrected chi connectivity index (χ3v) is 3.89. The Bertz CT molecular complexity index is 747. The van der Waals surface area contributed by atoms with Gasteiger partial charge in [0.2, 0.25) is 0 Å². The Balaban J connectivity index is 1.98. The summed E-state index contributed by atoms with van der Waals surface area (Å²) in [5.74, 6) is -1.89. The van der Waals surface area contributed by atoms with E-state index in [1.807, 2.05) is 13.0 Å². The molecule has 0 fully saturated rings. The molecule has 0 radical (unpaired) electrons. The van der Waals surface area contributed by atoms with Crippen LogP contribution in [0.5, 0.6) is 0 Å². The number of amides is 2. The van der Waals surface area contributed by atoms with Gasteiger partial charge in [-0.05, 0) is 49.2 Å². The summed E-state index contributed by atoms with van der Waals surface area (Å²) in [5.41, 5.74) is 2.11. The third-order valence-electron chi connectivity index (χ3n) is 3.89. The van der Waals surface area contributed by atoms with E-state index in [2.05, 4.69) is 10.6 Å². The Morgan fingerprint density at radius 2 is 1.68 bits per heavy atom. The second-order valence-corrected chi connectivity index (χ2v) is 5.70. The van der Waals surface area contributed by atoms with Gasteiger partial charge in [0.15, 0.2) is 0 Å². The molecule has 2 rings (SSSR count). The highest BCUT2D eigenvalue weighted by Gasteiger charge is 2.17. The highest BCUT2D eigenvalue weighted by atomic mass is 19.1. The van der Waals surface area contributed by atoms with Crippen LogP contribution in [0.25, 0.3) is 0 Å². The molecule has 0 aromatic heterocycles. The molecule has 2 aromatic carbocycles. The largest absolute Gasteiger partial charge is 0.377 e. The second-order valence-electron chi connectivity index (χ2n) is 5.70. The number of benzene rings is 2. The minimum atomic E-state index is -0.767. The first-order chi connectivity index (χ1) is 11.9. The van der Waals surface area contributed by atoms with E-state index in [4.69, 9.17) is 4.74 Å². The van der Waals surface area contributed by atoms with Gasteiger partial charge in [-0.15, -0.1) is 0 Å². The fraction of sp³-hybridized carbons (Fsp3) is 0.263. The van der Waals surface area contributed by atoms with Crippen LogP contribution in [-0.4, -0.2) is 18.9 Å². The molecule has 2 unspecified atom stereocenters. The summed E-state index contributed by atoms with van der Waals surface area (Å²) < 4.78 is 18.2. The summed E-state index contributed by atoms with van der Waals surface area (Å²) in [4.78, 5) is 24.1. The number of carbonyl (C=O) groups excluding carboxylic acids is 2. The Labute approximate surface area is 146 Å². The molecule has 5 nitrogen and oxygen atoms in total. The van der Waals surface area contributed by atoms with Crippen LogP contribution in [0.3, 0.4) is 0 Å². The van der Waals surface area contributed by atoms with Gasteiger partial charge in [-0.3, -0.25) is 9.59 Å². The summed E-state index contributed by atoms with van der Waals surface area (Å²) in [6.07, 6.45) is -0.121. The lowest BCUT2D eigenvalue weighted by molar-refractivity contribution is -0.136. The quantitative estimate of drug-likeness (QED) is 0.818. The molecule has 25 heavy (non-hydrogen) atoms. The first kappa shape index (κ1) is 18.6. The fourth-order valence-corrected chi connectivity index (χ4v) is 2.29. The molecule has 0 spiro atoms. The Kier molecular flexibility index (Phi) is 6.25. The van der Waals surface area contributed by atoms with Crippen LogP contribution in [0.4, 0.5) is 10.1 Å². The molecule has 2 N–H and O–H groups in total. The molecule has 0 aliphatic rings. The topological polar surface area (TPSA) is 67.4 Å². The highest BCUT2D eigenvalue weighted by Crippen LogP contribution is 2.19. The lowest BCUT2D eigenvalue weighted by Crippen LogP contribution is -2.36. The summed E-state index contributed by atoms with van der Waals surface area (Å²) in [6, 6.07) is 12.4. The number of anilines is 1. The van der Waals surface area contributed by atoms with E-state index in [1.165, 1.54) is 12.1 Å². The number of hydrogen-bond acceptors (Lipinski definition) is 3. The standard InChI is InChI=1S/C19H21FN2O3/c1-12(14-7-9-16(20)10-8-14)21-18(23)19(24)22-17-6-4-5-15(11-17)13(2)25-3/h4-13H,1-3H3,(H,21,23)(H,22,24). The highest BCUT2D eigenvalue weighted by molar-refractivity contribution is 6.39. The van der Waals surface area contributed by atoms with Crippen LogP contribution in [0.15, 0.2) is 48.5 Å². The predicted octanol–water partition coefficient (Wildman–Crippen LogP) is 3.35. The smallest absolute Gasteiger partial charge is 0.313 e. The van der Waals surface area contributed by atoms with Crippen molar-refractivity contribution in [1.82, 2.24) is 5.32 Å². The van der Waals surface area contributed by atoms with Crippen molar-refractivity contribution < 1.29 is 18.7 Å². The molecule has 2 amide bonds. The molecule has 0 bridgehead atoms. The number of halogens is 1. The van der Waals surface area contributed by atoms with Crippen LogP contribution in [-0.2, 0) is 14.3 Å². The minimum Gasteiger partial charge on any atom is -0.377 e. The van der Waals surface area contributed by atoms with Crippen LogP contribution < -0.4 is 10.6 Å². The molecule has 0 aliphatic heterocycles. The molecular weight excluding hydrogens is 323 g/mol. The zero-order valence-electron chi connectivity index (χ0n) is 14.4. The Hall–Kier alpha value is -2.73. The molecule has 0 saturated carbocycles. The molecule has 6 heteroatoms.